The molecule has 1 heterocycles. The molecule has 1 aromatic heterocycles. The van der Waals surface area contributed by atoms with Crippen molar-refractivity contribution in [3.63, 3.8) is 0 Å². The van der Waals surface area contributed by atoms with Crippen molar-refractivity contribution in [3.05, 3.63) is 71.5 Å². The number of aromatic nitrogens is 3. The van der Waals surface area contributed by atoms with Gasteiger partial charge in [-0.2, -0.15) is 0 Å². The predicted molar refractivity (Wildman–Crippen MR) is 120 cm³/mol. The van der Waals surface area contributed by atoms with Crippen molar-refractivity contribution in [1.82, 2.24) is 20.1 Å². The van der Waals surface area contributed by atoms with Crippen LogP contribution in [-0.2, 0) is 18.3 Å². The largest absolute Gasteiger partial charge is 0.483 e. The zero-order chi connectivity index (χ0) is 21.5. The Balaban J connectivity index is 1.54. The van der Waals surface area contributed by atoms with Crippen LogP contribution in [0.4, 0.5) is 0 Å². The van der Waals surface area contributed by atoms with E-state index < -0.39 is 0 Å². The number of carbonyl (C=O) groups is 1. The zero-order valence-electron chi connectivity index (χ0n) is 17.8. The van der Waals surface area contributed by atoms with Gasteiger partial charge in [0.15, 0.2) is 17.1 Å². The van der Waals surface area contributed by atoms with E-state index in [9.17, 15) is 4.79 Å². The Bertz CT molecular complexity index is 957. The average Bonchev–Trinajstić information content (AvgIpc) is 3.14. The number of aryl methyl sites for hydroxylation is 1. The Hall–Kier alpha value is -2.80. The molecule has 2 aromatic carbocycles. The molecule has 0 aliphatic heterocycles. The molecule has 2 atom stereocenters. The molecule has 7 heteroatoms. The molecule has 0 saturated carbocycles. The maximum Gasteiger partial charge on any atom is 0.230 e. The number of nitrogens with zero attached hydrogens (tertiary/aromatic N) is 3. The van der Waals surface area contributed by atoms with Gasteiger partial charge in [-0.1, -0.05) is 61.2 Å². The number of benzene rings is 2. The summed E-state index contributed by atoms with van der Waals surface area (Å²) < 4.78 is 7.89. The van der Waals surface area contributed by atoms with Gasteiger partial charge in [-0.3, -0.25) is 4.79 Å². The molecule has 0 aliphatic carbocycles. The Kier molecular flexibility index (Phi) is 7.52. The number of ether oxygens (including phenoxy) is 1. The minimum atomic E-state index is -0.253. The van der Waals surface area contributed by atoms with Gasteiger partial charge in [0.2, 0.25) is 5.91 Å². The molecule has 0 saturated heterocycles. The highest BCUT2D eigenvalue weighted by atomic mass is 32.2. The van der Waals surface area contributed by atoms with Crippen LogP contribution in [-0.4, -0.2) is 26.4 Å². The highest BCUT2D eigenvalue weighted by Crippen LogP contribution is 2.24. The summed E-state index contributed by atoms with van der Waals surface area (Å²) in [7, 11) is 1.89. The summed E-state index contributed by atoms with van der Waals surface area (Å²) in [6, 6.07) is 17.9. The number of nitrogens with one attached hydrogen (secondary N) is 1. The highest BCUT2D eigenvalue weighted by molar-refractivity contribution is 7.99. The SMILES string of the molecule is CCc1ccc(OC(C)c2nnc(SCC(=O)NC(C)c3ccccc3)n2C)cc1. The fourth-order valence-electron chi connectivity index (χ4n) is 3.10. The van der Waals surface area contributed by atoms with Gasteiger partial charge in [-0.05, 0) is 43.5 Å². The van der Waals surface area contributed by atoms with Crippen molar-refractivity contribution in [3.8, 4) is 5.75 Å². The molecule has 1 amide bonds. The fourth-order valence-corrected chi connectivity index (χ4v) is 3.83. The number of hydrogen-bond donors (Lipinski definition) is 1. The van der Waals surface area contributed by atoms with Gasteiger partial charge >= 0.3 is 0 Å². The third kappa shape index (κ3) is 5.63. The first-order valence-electron chi connectivity index (χ1n) is 10.1. The van der Waals surface area contributed by atoms with Crippen molar-refractivity contribution < 1.29 is 9.53 Å². The van der Waals surface area contributed by atoms with Gasteiger partial charge in [0, 0.05) is 7.05 Å². The summed E-state index contributed by atoms with van der Waals surface area (Å²) in [4.78, 5) is 12.3. The third-order valence-corrected chi connectivity index (χ3v) is 5.91. The minimum absolute atomic E-state index is 0.0399. The lowest BCUT2D eigenvalue weighted by atomic mass is 10.1. The Morgan fingerprint density at radius 1 is 1.10 bits per heavy atom. The van der Waals surface area contributed by atoms with Crippen LogP contribution in [0.15, 0.2) is 59.8 Å². The van der Waals surface area contributed by atoms with E-state index in [1.165, 1.54) is 17.3 Å². The van der Waals surface area contributed by atoms with Crippen molar-refractivity contribution in [2.75, 3.05) is 5.75 Å². The monoisotopic (exact) mass is 424 g/mol. The van der Waals surface area contributed by atoms with Gasteiger partial charge in [0.05, 0.1) is 11.8 Å². The highest BCUT2D eigenvalue weighted by Gasteiger charge is 2.18. The van der Waals surface area contributed by atoms with E-state index in [2.05, 4.69) is 34.6 Å². The van der Waals surface area contributed by atoms with E-state index in [-0.39, 0.29) is 23.8 Å². The maximum atomic E-state index is 12.3. The topological polar surface area (TPSA) is 69.0 Å². The molecule has 0 radical (unpaired) electrons. The minimum Gasteiger partial charge on any atom is -0.483 e. The smallest absolute Gasteiger partial charge is 0.230 e. The molecule has 0 aliphatic rings. The first-order chi connectivity index (χ1) is 14.5. The van der Waals surface area contributed by atoms with Crippen LogP contribution in [0.3, 0.4) is 0 Å². The summed E-state index contributed by atoms with van der Waals surface area (Å²) in [6.07, 6.45) is 0.744. The molecular formula is C23H28N4O2S. The fraction of sp³-hybridized carbons (Fsp3) is 0.348. The third-order valence-electron chi connectivity index (χ3n) is 4.89. The number of hydrogen-bond acceptors (Lipinski definition) is 5. The van der Waals surface area contributed by atoms with E-state index in [4.69, 9.17) is 4.74 Å². The number of thioether (sulfide) groups is 1. The maximum absolute atomic E-state index is 12.3. The lowest BCUT2D eigenvalue weighted by molar-refractivity contribution is -0.119. The molecule has 0 fully saturated rings. The Labute approximate surface area is 182 Å². The van der Waals surface area contributed by atoms with Gasteiger partial charge in [0.25, 0.3) is 0 Å². The summed E-state index contributed by atoms with van der Waals surface area (Å²) in [5.41, 5.74) is 2.35. The van der Waals surface area contributed by atoms with Gasteiger partial charge in [0.1, 0.15) is 5.75 Å². The van der Waals surface area contributed by atoms with Crippen LogP contribution in [0.25, 0.3) is 0 Å². The summed E-state index contributed by atoms with van der Waals surface area (Å²) >= 11 is 1.36. The van der Waals surface area contributed by atoms with Crippen LogP contribution < -0.4 is 10.1 Å². The molecular weight excluding hydrogens is 396 g/mol. The van der Waals surface area contributed by atoms with E-state index >= 15 is 0 Å². The first kappa shape index (κ1) is 21.9. The lowest BCUT2D eigenvalue weighted by Crippen LogP contribution is -2.28. The molecule has 3 aromatic rings. The molecule has 3 rings (SSSR count). The Morgan fingerprint density at radius 3 is 2.47 bits per heavy atom. The molecule has 30 heavy (non-hydrogen) atoms. The summed E-state index contributed by atoms with van der Waals surface area (Å²) in [6.45, 7) is 6.05. The second kappa shape index (κ2) is 10.3. The molecule has 2 unspecified atom stereocenters. The van der Waals surface area contributed by atoms with E-state index in [0.717, 1.165) is 23.6 Å². The molecule has 0 spiro atoms. The summed E-state index contributed by atoms with van der Waals surface area (Å²) in [5.74, 6) is 1.75. The second-order valence-electron chi connectivity index (χ2n) is 7.15. The average molecular weight is 425 g/mol. The molecule has 158 valence electrons. The van der Waals surface area contributed by atoms with Crippen molar-refractivity contribution in [2.24, 2.45) is 7.05 Å². The number of amides is 1. The van der Waals surface area contributed by atoms with Crippen molar-refractivity contribution in [1.29, 1.82) is 0 Å². The van der Waals surface area contributed by atoms with Crippen LogP contribution in [0, 0.1) is 0 Å². The number of carbonyl (C=O) groups excluding carboxylic acids is 1. The van der Waals surface area contributed by atoms with Crippen LogP contribution >= 0.6 is 11.8 Å². The van der Waals surface area contributed by atoms with Gasteiger partial charge in [-0.15, -0.1) is 10.2 Å². The van der Waals surface area contributed by atoms with E-state index in [1.54, 1.807) is 0 Å². The summed E-state index contributed by atoms with van der Waals surface area (Å²) in [5, 5.41) is 12.2. The quantitative estimate of drug-likeness (QED) is 0.513. The van der Waals surface area contributed by atoms with Gasteiger partial charge in [-0.25, -0.2) is 0 Å². The van der Waals surface area contributed by atoms with Crippen LogP contribution in [0.5, 0.6) is 5.75 Å². The number of rotatable bonds is 9. The standard InChI is InChI=1S/C23H28N4O2S/c1-5-18-11-13-20(14-12-18)29-17(3)22-25-26-23(27(22)4)30-15-21(28)24-16(2)19-9-7-6-8-10-19/h6-14,16-17H,5,15H2,1-4H3,(H,24,28). The lowest BCUT2D eigenvalue weighted by Gasteiger charge is -2.15. The predicted octanol–water partition coefficient (Wildman–Crippen LogP) is 4.49. The normalized spacial score (nSPS) is 12.9. The van der Waals surface area contributed by atoms with Crippen LogP contribution in [0.1, 0.15) is 49.9 Å². The van der Waals surface area contributed by atoms with E-state index in [0.29, 0.717) is 5.16 Å². The van der Waals surface area contributed by atoms with Gasteiger partial charge < -0.3 is 14.6 Å². The van der Waals surface area contributed by atoms with E-state index in [1.807, 2.05) is 67.9 Å². The molecule has 6 nitrogen and oxygen atoms in total. The zero-order valence-corrected chi connectivity index (χ0v) is 18.6. The Morgan fingerprint density at radius 2 is 1.80 bits per heavy atom. The van der Waals surface area contributed by atoms with Crippen molar-refractivity contribution in [2.45, 2.75) is 44.5 Å². The van der Waals surface area contributed by atoms with Crippen molar-refractivity contribution >= 4 is 17.7 Å². The molecule has 0 bridgehead atoms. The molecule has 1 N–H and O–H groups in total. The van der Waals surface area contributed by atoms with Crippen LogP contribution in [0.2, 0.25) is 0 Å². The first-order valence-corrected chi connectivity index (χ1v) is 11.1. The second-order valence-corrected chi connectivity index (χ2v) is 8.09.